The van der Waals surface area contributed by atoms with Crippen molar-refractivity contribution < 1.29 is 4.74 Å². The van der Waals surface area contributed by atoms with Crippen LogP contribution in [0.4, 0.5) is 5.82 Å². The van der Waals surface area contributed by atoms with Crippen LogP contribution in [0, 0.1) is 6.92 Å². The van der Waals surface area contributed by atoms with Gasteiger partial charge in [0.15, 0.2) is 0 Å². The highest BCUT2D eigenvalue weighted by Gasteiger charge is 2.05. The first-order chi connectivity index (χ1) is 8.70. The van der Waals surface area contributed by atoms with Crippen LogP contribution in [-0.4, -0.2) is 4.98 Å². The quantitative estimate of drug-likeness (QED) is 0.673. The number of ether oxygens (including phenoxy) is 1. The molecule has 1 heterocycles. The summed E-state index contributed by atoms with van der Waals surface area (Å²) in [6, 6.07) is 9.72. The number of aromatic nitrogens is 1. The lowest BCUT2D eigenvalue weighted by atomic mass is 10.2. The number of hydrogen-bond donors (Lipinski definition) is 2. The molecule has 2 rings (SSSR count). The Balaban J connectivity index is 2.14. The average molecular weight is 308 g/mol. The first-order valence-corrected chi connectivity index (χ1v) is 6.29. The van der Waals surface area contributed by atoms with Crippen LogP contribution in [0.15, 0.2) is 41.0 Å². The molecule has 0 saturated heterocycles. The molecule has 5 heteroatoms. The van der Waals surface area contributed by atoms with Crippen molar-refractivity contribution in [3.63, 3.8) is 0 Å². The third-order valence-electron chi connectivity index (χ3n) is 2.56. The predicted molar refractivity (Wildman–Crippen MR) is 75.3 cm³/mol. The van der Waals surface area contributed by atoms with Crippen molar-refractivity contribution in [1.29, 1.82) is 0 Å². The molecule has 1 aromatic heterocycles. The lowest BCUT2D eigenvalue weighted by molar-refractivity contribution is 0.304. The van der Waals surface area contributed by atoms with E-state index >= 15 is 0 Å². The summed E-state index contributed by atoms with van der Waals surface area (Å²) in [5.74, 6) is 6.87. The summed E-state index contributed by atoms with van der Waals surface area (Å²) in [7, 11) is 0. The van der Waals surface area contributed by atoms with E-state index in [0.29, 0.717) is 12.4 Å². The molecule has 0 aliphatic carbocycles. The molecule has 0 spiro atoms. The second-order valence-electron chi connectivity index (χ2n) is 3.85. The van der Waals surface area contributed by atoms with E-state index in [0.717, 1.165) is 21.3 Å². The number of anilines is 1. The van der Waals surface area contributed by atoms with Crippen molar-refractivity contribution >= 4 is 21.7 Å². The van der Waals surface area contributed by atoms with E-state index in [2.05, 4.69) is 26.3 Å². The standard InChI is InChI=1S/C13H14BrN3O/c1-9-4-5-11(14)7-12(9)18-8-10-3-2-6-16-13(10)17-15/h2-7H,8,15H2,1H3,(H,16,17). The van der Waals surface area contributed by atoms with E-state index in [9.17, 15) is 0 Å². The monoisotopic (exact) mass is 307 g/mol. The number of nitrogens with two attached hydrogens (primary N) is 1. The molecule has 0 amide bonds. The number of aryl methyl sites for hydroxylation is 1. The van der Waals surface area contributed by atoms with Crippen molar-refractivity contribution in [1.82, 2.24) is 4.98 Å². The summed E-state index contributed by atoms with van der Waals surface area (Å²) in [6.07, 6.45) is 1.68. The van der Waals surface area contributed by atoms with Gasteiger partial charge in [-0.15, -0.1) is 0 Å². The number of hydrogen-bond acceptors (Lipinski definition) is 4. The molecule has 0 aliphatic rings. The zero-order valence-electron chi connectivity index (χ0n) is 9.98. The Morgan fingerprint density at radius 3 is 3.00 bits per heavy atom. The molecule has 0 aliphatic heterocycles. The Bertz CT molecular complexity index is 546. The van der Waals surface area contributed by atoms with Crippen LogP contribution in [0.25, 0.3) is 0 Å². The average Bonchev–Trinajstić information content (AvgIpc) is 2.40. The third-order valence-corrected chi connectivity index (χ3v) is 3.05. The number of benzene rings is 1. The fourth-order valence-corrected chi connectivity index (χ4v) is 1.91. The minimum Gasteiger partial charge on any atom is -0.488 e. The Hall–Kier alpha value is -1.59. The molecule has 0 bridgehead atoms. The van der Waals surface area contributed by atoms with Gasteiger partial charge >= 0.3 is 0 Å². The maximum Gasteiger partial charge on any atom is 0.146 e. The van der Waals surface area contributed by atoms with E-state index in [-0.39, 0.29) is 0 Å². The molecule has 0 atom stereocenters. The van der Waals surface area contributed by atoms with Gasteiger partial charge in [0.05, 0.1) is 0 Å². The normalized spacial score (nSPS) is 10.2. The summed E-state index contributed by atoms with van der Waals surface area (Å²) < 4.78 is 6.77. The van der Waals surface area contributed by atoms with Gasteiger partial charge in [0.25, 0.3) is 0 Å². The van der Waals surface area contributed by atoms with Crippen molar-refractivity contribution in [2.45, 2.75) is 13.5 Å². The Morgan fingerprint density at radius 2 is 2.22 bits per heavy atom. The molecule has 0 radical (unpaired) electrons. The van der Waals surface area contributed by atoms with Gasteiger partial charge in [0, 0.05) is 16.2 Å². The van der Waals surface area contributed by atoms with E-state index in [1.165, 1.54) is 0 Å². The number of rotatable bonds is 4. The van der Waals surface area contributed by atoms with Crippen LogP contribution in [-0.2, 0) is 6.61 Å². The second kappa shape index (κ2) is 5.84. The molecule has 4 nitrogen and oxygen atoms in total. The minimum atomic E-state index is 0.421. The largest absolute Gasteiger partial charge is 0.488 e. The van der Waals surface area contributed by atoms with Gasteiger partial charge in [-0.25, -0.2) is 10.8 Å². The number of nitrogens with zero attached hydrogens (tertiary/aromatic N) is 1. The van der Waals surface area contributed by atoms with Gasteiger partial charge in [0.1, 0.15) is 18.2 Å². The molecule has 0 unspecified atom stereocenters. The number of halogens is 1. The molecule has 94 valence electrons. The lowest BCUT2D eigenvalue weighted by Crippen LogP contribution is -2.12. The van der Waals surface area contributed by atoms with E-state index in [4.69, 9.17) is 10.6 Å². The first kappa shape index (κ1) is 12.9. The Labute approximate surface area is 114 Å². The fraction of sp³-hybridized carbons (Fsp3) is 0.154. The summed E-state index contributed by atoms with van der Waals surface area (Å²) in [5, 5.41) is 0. The summed E-state index contributed by atoms with van der Waals surface area (Å²) in [4.78, 5) is 4.12. The Morgan fingerprint density at radius 1 is 1.39 bits per heavy atom. The van der Waals surface area contributed by atoms with Crippen LogP contribution < -0.4 is 16.0 Å². The molecular weight excluding hydrogens is 294 g/mol. The molecule has 1 aromatic carbocycles. The van der Waals surface area contributed by atoms with E-state index in [1.807, 2.05) is 37.3 Å². The van der Waals surface area contributed by atoms with Crippen LogP contribution in [0.1, 0.15) is 11.1 Å². The fourth-order valence-electron chi connectivity index (χ4n) is 1.57. The molecule has 0 fully saturated rings. The number of hydrazine groups is 1. The van der Waals surface area contributed by atoms with Crippen LogP contribution >= 0.6 is 15.9 Å². The van der Waals surface area contributed by atoms with Gasteiger partial charge < -0.3 is 10.2 Å². The summed E-state index contributed by atoms with van der Waals surface area (Å²) >= 11 is 3.43. The van der Waals surface area contributed by atoms with E-state index < -0.39 is 0 Å². The number of nitrogen functional groups attached to an aromatic ring is 1. The highest BCUT2D eigenvalue weighted by atomic mass is 79.9. The van der Waals surface area contributed by atoms with Crippen molar-refractivity contribution in [3.8, 4) is 5.75 Å². The van der Waals surface area contributed by atoms with Crippen LogP contribution in [0.3, 0.4) is 0 Å². The zero-order chi connectivity index (χ0) is 13.0. The molecular formula is C13H14BrN3O. The number of pyridine rings is 1. The molecule has 18 heavy (non-hydrogen) atoms. The van der Waals surface area contributed by atoms with Crippen LogP contribution in [0.2, 0.25) is 0 Å². The van der Waals surface area contributed by atoms with Gasteiger partial charge in [0.2, 0.25) is 0 Å². The second-order valence-corrected chi connectivity index (χ2v) is 4.77. The van der Waals surface area contributed by atoms with Crippen molar-refractivity contribution in [2.75, 3.05) is 5.43 Å². The van der Waals surface area contributed by atoms with Crippen LogP contribution in [0.5, 0.6) is 5.75 Å². The first-order valence-electron chi connectivity index (χ1n) is 5.50. The minimum absolute atomic E-state index is 0.421. The maximum atomic E-state index is 5.78. The molecule has 2 aromatic rings. The highest BCUT2D eigenvalue weighted by molar-refractivity contribution is 9.10. The van der Waals surface area contributed by atoms with Gasteiger partial charge in [-0.2, -0.15) is 0 Å². The maximum absolute atomic E-state index is 5.78. The number of nitrogens with one attached hydrogen (secondary N) is 1. The lowest BCUT2D eigenvalue weighted by Gasteiger charge is -2.11. The topological polar surface area (TPSA) is 60.2 Å². The predicted octanol–water partition coefficient (Wildman–Crippen LogP) is 3.02. The van der Waals surface area contributed by atoms with Gasteiger partial charge in [-0.3, -0.25) is 0 Å². The molecule has 0 saturated carbocycles. The summed E-state index contributed by atoms with van der Waals surface area (Å²) in [5.41, 5.74) is 4.56. The smallest absolute Gasteiger partial charge is 0.146 e. The van der Waals surface area contributed by atoms with Gasteiger partial charge in [-0.05, 0) is 30.7 Å². The van der Waals surface area contributed by atoms with Crippen molar-refractivity contribution in [3.05, 3.63) is 52.1 Å². The molecule has 3 N–H and O–H groups in total. The SMILES string of the molecule is Cc1ccc(Br)cc1OCc1cccnc1NN. The summed E-state index contributed by atoms with van der Waals surface area (Å²) in [6.45, 7) is 2.43. The van der Waals surface area contributed by atoms with Gasteiger partial charge in [-0.1, -0.05) is 28.1 Å². The third kappa shape index (κ3) is 3.00. The highest BCUT2D eigenvalue weighted by Crippen LogP contribution is 2.24. The Kier molecular flexibility index (Phi) is 4.17. The van der Waals surface area contributed by atoms with Crippen molar-refractivity contribution in [2.24, 2.45) is 5.84 Å². The van der Waals surface area contributed by atoms with E-state index in [1.54, 1.807) is 6.20 Å². The zero-order valence-corrected chi connectivity index (χ0v) is 11.6.